The summed E-state index contributed by atoms with van der Waals surface area (Å²) in [6.45, 7) is 1.26. The van der Waals surface area contributed by atoms with Gasteiger partial charge in [-0.15, -0.1) is 0 Å². The van der Waals surface area contributed by atoms with Crippen molar-refractivity contribution in [2.45, 2.75) is 43.7 Å². The van der Waals surface area contributed by atoms with Crippen molar-refractivity contribution in [2.24, 2.45) is 5.73 Å². The van der Waals surface area contributed by atoms with Crippen LogP contribution in [0.2, 0.25) is 0 Å². The lowest BCUT2D eigenvalue weighted by Gasteiger charge is -2.35. The summed E-state index contributed by atoms with van der Waals surface area (Å²) >= 11 is 3.53. The zero-order chi connectivity index (χ0) is 19.4. The molecule has 4 heterocycles. The molecule has 2 amide bonds. The second-order valence-corrected chi connectivity index (χ2v) is 8.70. The monoisotopic (exact) mass is 444 g/mol. The molecule has 146 valence electrons. The molecule has 0 radical (unpaired) electrons. The smallest absolute Gasteiger partial charge is 0.270 e. The van der Waals surface area contributed by atoms with Gasteiger partial charge in [-0.3, -0.25) is 9.59 Å². The summed E-state index contributed by atoms with van der Waals surface area (Å²) in [4.78, 5) is 29.9. The molecule has 4 aliphatic rings. The van der Waals surface area contributed by atoms with E-state index < -0.39 is 5.91 Å². The summed E-state index contributed by atoms with van der Waals surface area (Å²) in [5.41, 5.74) is 8.15. The predicted molar refractivity (Wildman–Crippen MR) is 106 cm³/mol. The molecule has 0 spiro atoms. The molecule has 2 bridgehead atoms. The highest BCUT2D eigenvalue weighted by Gasteiger charge is 2.42. The molecular weight excluding hydrogens is 424 g/mol. The first-order valence-electron chi connectivity index (χ1n) is 9.63. The number of hydrogen-bond donors (Lipinski definition) is 2. The molecule has 0 unspecified atom stereocenters. The van der Waals surface area contributed by atoms with Crippen LogP contribution in [0.25, 0.3) is 11.4 Å². The Labute approximate surface area is 170 Å². The van der Waals surface area contributed by atoms with Crippen LogP contribution in [0.4, 0.5) is 0 Å². The number of primary amides is 1. The van der Waals surface area contributed by atoms with E-state index in [9.17, 15) is 9.59 Å². The van der Waals surface area contributed by atoms with Crippen molar-refractivity contribution < 1.29 is 14.3 Å². The number of aromatic nitrogens is 2. The van der Waals surface area contributed by atoms with Gasteiger partial charge in [0.25, 0.3) is 11.8 Å². The number of carbonyl (C=O) groups is 2. The third-order valence-corrected chi connectivity index (χ3v) is 6.58. The van der Waals surface area contributed by atoms with Crippen molar-refractivity contribution in [2.75, 3.05) is 13.2 Å². The largest absolute Gasteiger partial charge is 0.381 e. The van der Waals surface area contributed by atoms with Gasteiger partial charge in [-0.05, 0) is 49.3 Å². The molecule has 8 heteroatoms. The first kappa shape index (κ1) is 17.9. The lowest BCUT2D eigenvalue weighted by Crippen LogP contribution is -2.41. The summed E-state index contributed by atoms with van der Waals surface area (Å²) in [6.07, 6.45) is 3.40. The SMILES string of the molecule is NC(=O)c1nc2n(c1C(=O)NC1CCOCC1)C1CC(C1)c1ccc(Br)cc1-2. The van der Waals surface area contributed by atoms with Crippen molar-refractivity contribution in [1.29, 1.82) is 0 Å². The van der Waals surface area contributed by atoms with Gasteiger partial charge >= 0.3 is 0 Å². The number of carbonyl (C=O) groups excluding carboxylic acids is 2. The molecule has 7 nitrogen and oxygen atoms in total. The van der Waals surface area contributed by atoms with Crippen molar-refractivity contribution in [3.05, 3.63) is 39.6 Å². The maximum absolute atomic E-state index is 13.2. The first-order chi connectivity index (χ1) is 13.5. The number of ether oxygens (including phenoxy) is 1. The Morgan fingerprint density at radius 2 is 2.00 bits per heavy atom. The van der Waals surface area contributed by atoms with Crippen molar-refractivity contribution in [1.82, 2.24) is 14.9 Å². The van der Waals surface area contributed by atoms with Crippen LogP contribution in [0.1, 0.15) is 64.2 Å². The van der Waals surface area contributed by atoms with E-state index in [4.69, 9.17) is 10.5 Å². The summed E-state index contributed by atoms with van der Waals surface area (Å²) < 4.78 is 8.25. The van der Waals surface area contributed by atoms with E-state index in [0.29, 0.717) is 30.7 Å². The minimum atomic E-state index is -0.676. The van der Waals surface area contributed by atoms with E-state index in [1.165, 1.54) is 5.56 Å². The maximum Gasteiger partial charge on any atom is 0.270 e. The Balaban J connectivity index is 1.63. The molecule has 3 aliphatic heterocycles. The number of amides is 2. The molecular formula is C20H21BrN4O3. The van der Waals surface area contributed by atoms with E-state index in [0.717, 1.165) is 35.7 Å². The van der Waals surface area contributed by atoms with E-state index in [2.05, 4.69) is 32.3 Å². The average Bonchev–Trinajstić information content (AvgIpc) is 2.92. The Bertz CT molecular complexity index is 974. The molecule has 2 fully saturated rings. The third-order valence-electron chi connectivity index (χ3n) is 6.09. The second kappa shape index (κ2) is 6.70. The lowest BCUT2D eigenvalue weighted by molar-refractivity contribution is 0.0687. The number of nitrogens with one attached hydrogen (secondary N) is 1. The summed E-state index contributed by atoms with van der Waals surface area (Å²) in [5, 5.41) is 3.06. The molecule has 1 saturated carbocycles. The topological polar surface area (TPSA) is 99.2 Å². The summed E-state index contributed by atoms with van der Waals surface area (Å²) in [7, 11) is 0. The Morgan fingerprint density at radius 1 is 1.25 bits per heavy atom. The van der Waals surface area contributed by atoms with Crippen LogP contribution in [0.5, 0.6) is 0 Å². The van der Waals surface area contributed by atoms with Gasteiger partial charge in [0.05, 0.1) is 0 Å². The minimum absolute atomic E-state index is 0.0366. The number of benzene rings is 1. The van der Waals surface area contributed by atoms with E-state index in [-0.39, 0.29) is 23.7 Å². The van der Waals surface area contributed by atoms with Crippen molar-refractivity contribution >= 4 is 27.7 Å². The highest BCUT2D eigenvalue weighted by molar-refractivity contribution is 9.10. The van der Waals surface area contributed by atoms with Gasteiger partial charge in [-0.25, -0.2) is 4.98 Å². The third kappa shape index (κ3) is 2.78. The zero-order valence-electron chi connectivity index (χ0n) is 15.3. The molecule has 0 atom stereocenters. The first-order valence-corrected chi connectivity index (χ1v) is 10.4. The minimum Gasteiger partial charge on any atom is -0.381 e. The molecule has 1 aromatic heterocycles. The maximum atomic E-state index is 13.2. The van der Waals surface area contributed by atoms with Gasteiger partial charge in [0.15, 0.2) is 5.69 Å². The van der Waals surface area contributed by atoms with Gasteiger partial charge in [-0.1, -0.05) is 22.0 Å². The highest BCUT2D eigenvalue weighted by atomic mass is 79.9. The van der Waals surface area contributed by atoms with Gasteiger partial charge in [-0.2, -0.15) is 0 Å². The standard InChI is InChI=1S/C20H21BrN4O3/c21-11-1-2-14-10-7-13(8-10)25-17(20(27)23-12-3-5-28-6-4-12)16(18(22)26)24-19(25)15(14)9-11/h1-2,9-10,12-13H,3-8H2,(H2,22,26)(H,23,27). The summed E-state index contributed by atoms with van der Waals surface area (Å²) in [5.74, 6) is 0.164. The number of imidazole rings is 1. The second-order valence-electron chi connectivity index (χ2n) is 7.78. The van der Waals surface area contributed by atoms with E-state index >= 15 is 0 Å². The molecule has 1 aromatic carbocycles. The van der Waals surface area contributed by atoms with Gasteiger partial charge < -0.3 is 20.4 Å². The number of halogens is 1. The molecule has 3 N–H and O–H groups in total. The number of nitrogens with zero attached hydrogens (tertiary/aromatic N) is 2. The van der Waals surface area contributed by atoms with Crippen LogP contribution in [0.15, 0.2) is 22.7 Å². The molecule has 28 heavy (non-hydrogen) atoms. The lowest BCUT2D eigenvalue weighted by atomic mass is 9.75. The van der Waals surface area contributed by atoms with E-state index in [1.807, 2.05) is 16.7 Å². The van der Waals surface area contributed by atoms with Crippen molar-refractivity contribution in [3.8, 4) is 11.4 Å². The fourth-order valence-electron chi connectivity index (χ4n) is 4.59. The molecule has 1 saturated heterocycles. The van der Waals surface area contributed by atoms with Gasteiger partial charge in [0, 0.05) is 35.3 Å². The Morgan fingerprint density at radius 3 is 2.71 bits per heavy atom. The molecule has 1 aliphatic carbocycles. The number of nitrogens with two attached hydrogens (primary N) is 1. The number of hydrogen-bond acceptors (Lipinski definition) is 4. The number of rotatable bonds is 3. The fourth-order valence-corrected chi connectivity index (χ4v) is 4.95. The van der Waals surface area contributed by atoms with Crippen LogP contribution in [-0.2, 0) is 4.74 Å². The Kier molecular flexibility index (Phi) is 4.28. The van der Waals surface area contributed by atoms with Crippen LogP contribution in [-0.4, -0.2) is 40.6 Å². The average molecular weight is 445 g/mol. The normalized spacial score (nSPS) is 23.2. The van der Waals surface area contributed by atoms with Crippen LogP contribution >= 0.6 is 15.9 Å². The van der Waals surface area contributed by atoms with Crippen LogP contribution in [0, 0.1) is 0 Å². The van der Waals surface area contributed by atoms with E-state index in [1.54, 1.807) is 0 Å². The van der Waals surface area contributed by atoms with Crippen molar-refractivity contribution in [3.63, 3.8) is 0 Å². The Hall–Kier alpha value is -2.19. The molecule has 2 aromatic rings. The van der Waals surface area contributed by atoms with Crippen LogP contribution < -0.4 is 11.1 Å². The fraction of sp³-hybridized carbons (Fsp3) is 0.450. The summed E-state index contributed by atoms with van der Waals surface area (Å²) in [6, 6.07) is 6.34. The molecule has 6 rings (SSSR count). The van der Waals surface area contributed by atoms with Gasteiger partial charge in [0.2, 0.25) is 0 Å². The quantitative estimate of drug-likeness (QED) is 0.759. The predicted octanol–water partition coefficient (Wildman–Crippen LogP) is 2.75. The van der Waals surface area contributed by atoms with Gasteiger partial charge in [0.1, 0.15) is 11.5 Å². The highest BCUT2D eigenvalue weighted by Crippen LogP contribution is 2.53. The zero-order valence-corrected chi connectivity index (χ0v) is 16.9. The van der Waals surface area contributed by atoms with Crippen LogP contribution in [0.3, 0.4) is 0 Å².